The van der Waals surface area contributed by atoms with Gasteiger partial charge in [-0.3, -0.25) is 0 Å². The van der Waals surface area contributed by atoms with E-state index in [-0.39, 0.29) is 42.7 Å². The first-order valence-corrected chi connectivity index (χ1v) is 27.3. The van der Waals surface area contributed by atoms with Gasteiger partial charge >= 0.3 is 36.4 Å². The van der Waals surface area contributed by atoms with E-state index in [9.17, 15) is 28.8 Å². The molecule has 0 saturated carbocycles. The molecular weight excluding hydrogens is 865 g/mol. The summed E-state index contributed by atoms with van der Waals surface area (Å²) in [6.45, 7) is 28.1. The number of rotatable bonds is 20. The molecule has 15 nitrogen and oxygen atoms in total. The summed E-state index contributed by atoms with van der Waals surface area (Å²) in [6.07, 6.45) is -4.15. The van der Waals surface area contributed by atoms with Crippen LogP contribution in [0.25, 0.3) is 0 Å². The lowest BCUT2D eigenvalue weighted by Gasteiger charge is -2.19. The van der Waals surface area contributed by atoms with Crippen molar-refractivity contribution in [2.24, 2.45) is 5.92 Å². The van der Waals surface area contributed by atoms with Crippen LogP contribution in [-0.4, -0.2) is 80.4 Å². The third kappa shape index (κ3) is 14.5. The second-order valence-electron chi connectivity index (χ2n) is 14.4. The molecular formula is C45H50O15Si3. The van der Waals surface area contributed by atoms with Crippen molar-refractivity contribution in [3.8, 4) is 0 Å². The summed E-state index contributed by atoms with van der Waals surface area (Å²) < 4.78 is 15.1. The summed E-state index contributed by atoms with van der Waals surface area (Å²) in [6, 6.07) is 19.4. The molecule has 3 aromatic rings. The maximum absolute atomic E-state index is 12.5. The fourth-order valence-corrected chi connectivity index (χ4v) is 9.97. The van der Waals surface area contributed by atoms with Gasteiger partial charge in [-0.2, -0.15) is 14.4 Å². The van der Waals surface area contributed by atoms with Crippen molar-refractivity contribution in [3.63, 3.8) is 0 Å². The van der Waals surface area contributed by atoms with Gasteiger partial charge in [0.05, 0.1) is 36.5 Å². The Balaban J connectivity index is 1.53. The quantitative estimate of drug-likeness (QED) is 0.0360. The topological polar surface area (TPSA) is 185 Å². The summed E-state index contributed by atoms with van der Waals surface area (Å²) in [5, 5.41) is 2.84. The second-order valence-corrected chi connectivity index (χ2v) is 26.2. The van der Waals surface area contributed by atoms with Gasteiger partial charge in [0.25, 0.3) is 0 Å². The van der Waals surface area contributed by atoms with Crippen LogP contribution in [0.1, 0.15) is 43.9 Å². The predicted octanol–water partition coefficient (Wildman–Crippen LogP) is 7.37. The molecule has 3 rings (SSSR count). The van der Waals surface area contributed by atoms with Crippen molar-refractivity contribution in [1.82, 2.24) is 0 Å². The molecule has 0 fully saturated rings. The Bertz CT molecular complexity index is 2040. The van der Waals surface area contributed by atoms with Crippen molar-refractivity contribution >= 4 is 76.2 Å². The van der Waals surface area contributed by atoms with E-state index in [2.05, 4.69) is 68.8 Å². The molecule has 0 aliphatic rings. The smallest absolute Gasteiger partial charge is 0.432 e. The zero-order valence-electron chi connectivity index (χ0n) is 35.4. The Labute approximate surface area is 368 Å². The maximum atomic E-state index is 12.5. The fraction of sp³-hybridized carbons (Fsp3) is 0.200. The van der Waals surface area contributed by atoms with Crippen LogP contribution in [0.4, 0.5) is 14.4 Å². The number of carbonyl (C=O) groups excluding carboxylic acids is 6. The van der Waals surface area contributed by atoms with Gasteiger partial charge in [0.15, 0.2) is 0 Å². The monoisotopic (exact) mass is 914 g/mol. The molecule has 332 valence electrons. The van der Waals surface area contributed by atoms with Gasteiger partial charge in [-0.25, -0.2) is 43.7 Å². The Morgan fingerprint density at radius 3 is 0.937 bits per heavy atom. The Morgan fingerprint density at radius 1 is 0.429 bits per heavy atom. The molecule has 0 radical (unpaired) electrons. The molecule has 0 amide bonds. The average Bonchev–Trinajstić information content (AvgIpc) is 3.32. The molecule has 3 aromatic carbocycles. The van der Waals surface area contributed by atoms with Crippen molar-refractivity contribution < 1.29 is 72.3 Å². The summed E-state index contributed by atoms with van der Waals surface area (Å²) in [4.78, 5) is 102. The molecule has 0 heterocycles. The third-order valence-electron chi connectivity index (χ3n) is 10.3. The third-order valence-corrected chi connectivity index (χ3v) is 20.1. The molecule has 0 spiro atoms. The van der Waals surface area contributed by atoms with Crippen molar-refractivity contribution in [2.45, 2.75) is 32.5 Å². The van der Waals surface area contributed by atoms with Crippen LogP contribution < -0.4 is 15.6 Å². The number of hydrogen-bond donors (Lipinski definition) is 0. The lowest BCUT2D eigenvalue weighted by molar-refractivity contribution is -0.206. The number of hydrogen-bond acceptors (Lipinski definition) is 15. The number of carbonyl (C=O) groups is 6. The highest BCUT2D eigenvalue weighted by Crippen LogP contribution is 2.15. The minimum absolute atomic E-state index is 0.0279. The normalized spacial score (nSPS) is 11.0. The molecule has 0 saturated heterocycles. The van der Waals surface area contributed by atoms with Gasteiger partial charge in [0.2, 0.25) is 0 Å². The van der Waals surface area contributed by atoms with E-state index < -0.39 is 73.1 Å². The molecule has 0 N–H and O–H groups in total. The van der Waals surface area contributed by atoms with Crippen LogP contribution in [0, 0.1) is 5.92 Å². The highest BCUT2D eigenvalue weighted by atomic mass is 28.3. The maximum Gasteiger partial charge on any atom is 0.549 e. The summed E-state index contributed by atoms with van der Waals surface area (Å²) >= 11 is 0. The summed E-state index contributed by atoms with van der Waals surface area (Å²) in [5.74, 6) is -3.59. The lowest BCUT2D eigenvalue weighted by Crippen LogP contribution is -2.40. The Hall–Kier alpha value is -7.03. The van der Waals surface area contributed by atoms with E-state index in [1.807, 2.05) is 53.8 Å². The molecule has 0 atom stereocenters. The first kappa shape index (κ1) is 50.3. The first-order chi connectivity index (χ1) is 30.0. The van der Waals surface area contributed by atoms with Crippen LogP contribution in [-0.2, 0) is 43.5 Å². The van der Waals surface area contributed by atoms with Gasteiger partial charge in [-0.15, -0.1) is 39.5 Å². The van der Waals surface area contributed by atoms with Crippen molar-refractivity contribution in [1.29, 1.82) is 0 Å². The summed E-state index contributed by atoms with van der Waals surface area (Å²) in [7, 11) is -6.36. The average molecular weight is 915 g/mol. The lowest BCUT2D eigenvalue weighted by atomic mass is 10.0. The zero-order chi connectivity index (χ0) is 46.6. The zero-order valence-corrected chi connectivity index (χ0v) is 38.4. The highest BCUT2D eigenvalue weighted by molar-refractivity contribution is 6.99. The molecule has 0 aliphatic carbocycles. The standard InChI is InChI=1S/C45H50O15Si3/c1-10-61(7,11-2)37-22-16-34(17-23-37)40(46)55-58-43(49)52-30-28-33(32-54-45(51)60-57-42(48)36-20-26-39(27-21-36)63(9,14-5)15-6)29-31-53-44(50)59-56-41(47)35-18-24-38(25-19-35)62(8,12-3)13-4/h10-27,33H,1-6,28-32H2,7-9H3. The minimum Gasteiger partial charge on any atom is -0.432 e. The fourth-order valence-electron chi connectivity index (χ4n) is 5.40. The van der Waals surface area contributed by atoms with Gasteiger partial charge in [-0.05, 0) is 55.2 Å². The Morgan fingerprint density at radius 2 is 0.683 bits per heavy atom. The summed E-state index contributed by atoms with van der Waals surface area (Å²) in [5.41, 5.74) is 11.3. The largest absolute Gasteiger partial charge is 0.549 e. The van der Waals surface area contributed by atoms with Gasteiger partial charge < -0.3 is 14.2 Å². The van der Waals surface area contributed by atoms with Crippen LogP contribution in [0.2, 0.25) is 19.6 Å². The number of benzene rings is 3. The van der Waals surface area contributed by atoms with E-state index in [4.69, 9.17) is 14.2 Å². The van der Waals surface area contributed by atoms with Gasteiger partial charge in [-0.1, -0.05) is 106 Å². The first-order valence-electron chi connectivity index (χ1n) is 19.3. The van der Waals surface area contributed by atoms with Crippen molar-refractivity contribution in [3.05, 3.63) is 163 Å². The number of ether oxygens (including phenoxy) is 3. The molecule has 0 unspecified atom stereocenters. The van der Waals surface area contributed by atoms with E-state index >= 15 is 0 Å². The van der Waals surface area contributed by atoms with Crippen LogP contribution in [0.5, 0.6) is 0 Å². The minimum atomic E-state index is -2.13. The molecule has 63 heavy (non-hydrogen) atoms. The second kappa shape index (κ2) is 23.8. The van der Waals surface area contributed by atoms with E-state index in [1.54, 1.807) is 36.4 Å². The molecule has 0 aliphatic heterocycles. The molecule has 0 bridgehead atoms. The van der Waals surface area contributed by atoms with E-state index in [0.29, 0.717) is 0 Å². The van der Waals surface area contributed by atoms with Crippen LogP contribution in [0.15, 0.2) is 146 Å². The van der Waals surface area contributed by atoms with E-state index in [0.717, 1.165) is 15.6 Å². The molecule has 0 aromatic heterocycles. The Kier molecular flexibility index (Phi) is 19.0. The van der Waals surface area contributed by atoms with Crippen LogP contribution >= 0.6 is 0 Å². The SMILES string of the molecule is C=C[Si](C)(C=C)c1ccc(C(=O)OOC(=O)OCCC(CCOC(=O)OOC(=O)c2ccc([Si](C)(C=C)C=C)cc2)COC(=O)OOC(=O)c2ccc([Si](C)(C=C)C=C)cc2)cc1. The predicted molar refractivity (Wildman–Crippen MR) is 241 cm³/mol. The van der Waals surface area contributed by atoms with Gasteiger partial charge in [0, 0.05) is 0 Å². The van der Waals surface area contributed by atoms with E-state index in [1.165, 1.54) is 36.4 Å². The van der Waals surface area contributed by atoms with Gasteiger partial charge in [0.1, 0.15) is 24.2 Å². The van der Waals surface area contributed by atoms with Crippen LogP contribution in [0.3, 0.4) is 0 Å². The van der Waals surface area contributed by atoms with Crippen molar-refractivity contribution in [2.75, 3.05) is 19.8 Å². The highest BCUT2D eigenvalue weighted by Gasteiger charge is 2.26. The molecule has 18 heteroatoms.